The largest absolute Gasteiger partial charge is 0.310 e. The Kier molecular flexibility index (Phi) is 6.87. The minimum atomic E-state index is -0.181. The minimum Gasteiger partial charge on any atom is -0.310 e. The Bertz CT molecular complexity index is 364. The first-order valence-electron chi connectivity index (χ1n) is 6.80. The summed E-state index contributed by atoms with van der Waals surface area (Å²) in [7, 11) is 0. The van der Waals surface area contributed by atoms with Crippen LogP contribution < -0.4 is 5.32 Å². The molecule has 0 saturated heterocycles. The highest BCUT2D eigenvalue weighted by Crippen LogP contribution is 2.27. The minimum absolute atomic E-state index is 0.181. The van der Waals surface area contributed by atoms with Crippen LogP contribution in [0.1, 0.15) is 51.6 Å². The number of hydrogen-bond acceptors (Lipinski definition) is 1. The number of benzene rings is 1. The average Bonchev–Trinajstić information content (AvgIpc) is 2.38. The normalized spacial score (nSPS) is 13.0. The van der Waals surface area contributed by atoms with Gasteiger partial charge < -0.3 is 5.32 Å². The number of halogens is 2. The first-order chi connectivity index (χ1) is 8.62. The van der Waals surface area contributed by atoms with Crippen molar-refractivity contribution in [3.8, 4) is 0 Å². The summed E-state index contributed by atoms with van der Waals surface area (Å²) < 4.78 is 14.1. The molecule has 0 aliphatic rings. The maximum absolute atomic E-state index is 13.6. The molecular weight excluding hydrogens is 293 g/mol. The predicted octanol–water partition coefficient (Wildman–Crippen LogP) is 5.07. The second kappa shape index (κ2) is 7.90. The van der Waals surface area contributed by atoms with Crippen molar-refractivity contribution in [3.63, 3.8) is 0 Å². The second-order valence-electron chi connectivity index (χ2n) is 4.70. The van der Waals surface area contributed by atoms with E-state index < -0.39 is 0 Å². The average molecular weight is 316 g/mol. The lowest BCUT2D eigenvalue weighted by Gasteiger charge is -2.23. The lowest BCUT2D eigenvalue weighted by atomic mass is 9.91. The SMILES string of the molecule is CCNC(CC(CC)CC)c1ccc(Br)c(F)c1. The van der Waals surface area contributed by atoms with E-state index >= 15 is 0 Å². The fraction of sp³-hybridized carbons (Fsp3) is 0.600. The molecule has 0 spiro atoms. The molecule has 1 nitrogen and oxygen atoms in total. The molecule has 1 aromatic rings. The van der Waals surface area contributed by atoms with Gasteiger partial charge in [0.1, 0.15) is 5.82 Å². The molecule has 0 heterocycles. The molecular formula is C15H23BrFN. The van der Waals surface area contributed by atoms with Crippen LogP contribution in [0.4, 0.5) is 4.39 Å². The molecule has 0 bridgehead atoms. The predicted molar refractivity (Wildman–Crippen MR) is 79.2 cm³/mol. The van der Waals surface area contributed by atoms with Gasteiger partial charge >= 0.3 is 0 Å². The van der Waals surface area contributed by atoms with Crippen LogP contribution >= 0.6 is 15.9 Å². The lowest BCUT2D eigenvalue weighted by Crippen LogP contribution is -2.23. The molecule has 0 aliphatic heterocycles. The first-order valence-corrected chi connectivity index (χ1v) is 7.59. The zero-order valence-corrected chi connectivity index (χ0v) is 13.1. The summed E-state index contributed by atoms with van der Waals surface area (Å²) >= 11 is 3.20. The van der Waals surface area contributed by atoms with Crippen molar-refractivity contribution >= 4 is 15.9 Å². The molecule has 0 aromatic heterocycles. The van der Waals surface area contributed by atoms with Crippen molar-refractivity contribution in [2.24, 2.45) is 5.92 Å². The van der Waals surface area contributed by atoms with Crippen molar-refractivity contribution in [2.75, 3.05) is 6.54 Å². The molecule has 102 valence electrons. The topological polar surface area (TPSA) is 12.0 Å². The van der Waals surface area contributed by atoms with Crippen LogP contribution in [-0.2, 0) is 0 Å². The van der Waals surface area contributed by atoms with Gasteiger partial charge in [0.25, 0.3) is 0 Å². The maximum Gasteiger partial charge on any atom is 0.137 e. The van der Waals surface area contributed by atoms with E-state index in [0.29, 0.717) is 10.4 Å². The van der Waals surface area contributed by atoms with Gasteiger partial charge in [-0.15, -0.1) is 0 Å². The van der Waals surface area contributed by atoms with Gasteiger partial charge in [0.15, 0.2) is 0 Å². The van der Waals surface area contributed by atoms with Gasteiger partial charge in [0, 0.05) is 6.04 Å². The van der Waals surface area contributed by atoms with Gasteiger partial charge in [-0.2, -0.15) is 0 Å². The fourth-order valence-electron chi connectivity index (χ4n) is 2.27. The monoisotopic (exact) mass is 315 g/mol. The van der Waals surface area contributed by atoms with Gasteiger partial charge in [0.05, 0.1) is 4.47 Å². The molecule has 1 rings (SSSR count). The number of nitrogens with one attached hydrogen (secondary N) is 1. The molecule has 1 atom stereocenters. The van der Waals surface area contributed by atoms with E-state index in [1.807, 2.05) is 6.07 Å². The second-order valence-corrected chi connectivity index (χ2v) is 5.56. The third-order valence-electron chi connectivity index (χ3n) is 3.52. The highest BCUT2D eigenvalue weighted by molar-refractivity contribution is 9.10. The van der Waals surface area contributed by atoms with Crippen LogP contribution in [0.25, 0.3) is 0 Å². The van der Waals surface area contributed by atoms with Crippen molar-refractivity contribution in [1.82, 2.24) is 5.32 Å². The van der Waals surface area contributed by atoms with E-state index in [0.717, 1.165) is 18.5 Å². The third-order valence-corrected chi connectivity index (χ3v) is 4.16. The van der Waals surface area contributed by atoms with Crippen LogP contribution in [0, 0.1) is 11.7 Å². The first kappa shape index (κ1) is 15.6. The molecule has 0 radical (unpaired) electrons. The van der Waals surface area contributed by atoms with E-state index in [4.69, 9.17) is 0 Å². The number of rotatable bonds is 7. The maximum atomic E-state index is 13.6. The molecule has 0 saturated carbocycles. The van der Waals surface area contributed by atoms with Crippen molar-refractivity contribution < 1.29 is 4.39 Å². The molecule has 0 fully saturated rings. The molecule has 3 heteroatoms. The summed E-state index contributed by atoms with van der Waals surface area (Å²) in [6.45, 7) is 7.44. The van der Waals surface area contributed by atoms with Crippen molar-refractivity contribution in [2.45, 2.75) is 46.1 Å². The summed E-state index contributed by atoms with van der Waals surface area (Å²) in [6, 6.07) is 5.69. The Morgan fingerprint density at radius 3 is 2.39 bits per heavy atom. The Balaban J connectivity index is 2.85. The molecule has 1 unspecified atom stereocenters. The van der Waals surface area contributed by atoms with Crippen LogP contribution in [0.5, 0.6) is 0 Å². The van der Waals surface area contributed by atoms with Gasteiger partial charge in [-0.3, -0.25) is 0 Å². The van der Waals surface area contributed by atoms with Crippen LogP contribution in [-0.4, -0.2) is 6.54 Å². The van der Waals surface area contributed by atoms with Gasteiger partial charge in [-0.1, -0.05) is 39.7 Å². The molecule has 0 amide bonds. The third kappa shape index (κ3) is 4.36. The van der Waals surface area contributed by atoms with Crippen LogP contribution in [0.2, 0.25) is 0 Å². The van der Waals surface area contributed by atoms with Crippen molar-refractivity contribution in [3.05, 3.63) is 34.1 Å². The highest BCUT2D eigenvalue weighted by Gasteiger charge is 2.16. The Labute approximate surface area is 118 Å². The summed E-state index contributed by atoms with van der Waals surface area (Å²) in [6.07, 6.45) is 3.43. The van der Waals surface area contributed by atoms with Gasteiger partial charge in [-0.25, -0.2) is 4.39 Å². The number of hydrogen-bond donors (Lipinski definition) is 1. The van der Waals surface area contributed by atoms with E-state index in [1.54, 1.807) is 12.1 Å². The van der Waals surface area contributed by atoms with E-state index in [9.17, 15) is 4.39 Å². The summed E-state index contributed by atoms with van der Waals surface area (Å²) in [4.78, 5) is 0. The summed E-state index contributed by atoms with van der Waals surface area (Å²) in [5.41, 5.74) is 1.05. The molecule has 1 aromatic carbocycles. The van der Waals surface area contributed by atoms with Crippen molar-refractivity contribution in [1.29, 1.82) is 0 Å². The highest BCUT2D eigenvalue weighted by atomic mass is 79.9. The molecule has 1 N–H and O–H groups in total. The van der Waals surface area contributed by atoms with Gasteiger partial charge in [-0.05, 0) is 52.5 Å². The van der Waals surface area contributed by atoms with Crippen LogP contribution in [0.15, 0.2) is 22.7 Å². The Hall–Kier alpha value is -0.410. The van der Waals surface area contributed by atoms with Crippen LogP contribution in [0.3, 0.4) is 0 Å². The van der Waals surface area contributed by atoms with E-state index in [1.165, 1.54) is 12.8 Å². The lowest BCUT2D eigenvalue weighted by molar-refractivity contribution is 0.374. The standard InChI is InChI=1S/C15H23BrFN/c1-4-11(5-2)9-15(18-6-3)12-7-8-13(16)14(17)10-12/h7-8,10-11,15,18H,4-6,9H2,1-3H3. The Morgan fingerprint density at radius 2 is 1.89 bits per heavy atom. The smallest absolute Gasteiger partial charge is 0.137 e. The quantitative estimate of drug-likeness (QED) is 0.741. The van der Waals surface area contributed by atoms with E-state index in [-0.39, 0.29) is 11.9 Å². The summed E-state index contributed by atoms with van der Waals surface area (Å²) in [5, 5.41) is 3.46. The fourth-order valence-corrected chi connectivity index (χ4v) is 2.51. The molecule has 18 heavy (non-hydrogen) atoms. The zero-order chi connectivity index (χ0) is 13.5. The summed E-state index contributed by atoms with van der Waals surface area (Å²) in [5.74, 6) is 0.515. The zero-order valence-electron chi connectivity index (χ0n) is 11.5. The molecule has 0 aliphatic carbocycles. The van der Waals surface area contributed by atoms with E-state index in [2.05, 4.69) is 42.0 Å². The Morgan fingerprint density at radius 1 is 1.22 bits per heavy atom. The van der Waals surface area contributed by atoms with Gasteiger partial charge in [0.2, 0.25) is 0 Å².